The molecule has 1 saturated carbocycles. The third-order valence-electron chi connectivity index (χ3n) is 2.36. The molecule has 0 saturated heterocycles. The molecule has 0 spiro atoms. The highest BCUT2D eigenvalue weighted by molar-refractivity contribution is 7.89. The van der Waals surface area contributed by atoms with Crippen LogP contribution in [-0.4, -0.2) is 20.2 Å². The number of furan rings is 1. The molecule has 2 rings (SSSR count). The number of aldehydes is 1. The first-order chi connectivity index (χ1) is 6.95. The minimum atomic E-state index is -3.62. The van der Waals surface area contributed by atoms with E-state index in [0.717, 1.165) is 12.8 Å². The molecule has 1 aliphatic rings. The summed E-state index contributed by atoms with van der Waals surface area (Å²) in [5, 5.41) is -0.210. The lowest BCUT2D eigenvalue weighted by Gasteiger charge is -2.09. The van der Waals surface area contributed by atoms with E-state index >= 15 is 0 Å². The van der Waals surface area contributed by atoms with Gasteiger partial charge < -0.3 is 4.42 Å². The smallest absolute Gasteiger partial charge is 0.274 e. The van der Waals surface area contributed by atoms with Crippen molar-refractivity contribution >= 4 is 16.3 Å². The van der Waals surface area contributed by atoms with Crippen LogP contribution in [0.2, 0.25) is 0 Å². The zero-order valence-electron chi connectivity index (χ0n) is 8.19. The van der Waals surface area contributed by atoms with Crippen molar-refractivity contribution in [3.8, 4) is 0 Å². The molecule has 6 heteroatoms. The Morgan fingerprint density at radius 2 is 2.13 bits per heavy atom. The maximum Gasteiger partial charge on any atom is 0.274 e. The fourth-order valence-corrected chi connectivity index (χ4v) is 2.61. The van der Waals surface area contributed by atoms with Crippen molar-refractivity contribution < 1.29 is 17.6 Å². The molecule has 5 nitrogen and oxygen atoms in total. The van der Waals surface area contributed by atoms with E-state index in [9.17, 15) is 13.2 Å². The number of rotatable bonds is 4. The monoisotopic (exact) mass is 229 g/mol. The third kappa shape index (κ3) is 2.10. The molecule has 0 unspecified atom stereocenters. The minimum absolute atomic E-state index is 0.0105. The maximum atomic E-state index is 11.7. The van der Waals surface area contributed by atoms with Gasteiger partial charge in [0, 0.05) is 5.54 Å². The molecule has 0 aliphatic heterocycles. The SMILES string of the molecule is CC1(NS(=O)(=O)c2ccc(C=O)o2)CC1. The summed E-state index contributed by atoms with van der Waals surface area (Å²) in [7, 11) is -3.62. The molecule has 0 amide bonds. The fraction of sp³-hybridized carbons (Fsp3) is 0.444. The zero-order chi connectivity index (χ0) is 11.1. The summed E-state index contributed by atoms with van der Waals surface area (Å²) in [4.78, 5) is 10.3. The number of carbonyl (C=O) groups excluding carboxylic acids is 1. The van der Waals surface area contributed by atoms with Crippen LogP contribution in [0.3, 0.4) is 0 Å². The second kappa shape index (κ2) is 3.18. The number of hydrogen-bond donors (Lipinski definition) is 1. The van der Waals surface area contributed by atoms with Crippen LogP contribution in [0.4, 0.5) is 0 Å². The Hall–Kier alpha value is -1.14. The molecule has 1 aromatic rings. The van der Waals surface area contributed by atoms with Crippen molar-refractivity contribution in [2.45, 2.75) is 30.4 Å². The van der Waals surface area contributed by atoms with E-state index in [2.05, 4.69) is 4.72 Å². The molecule has 1 heterocycles. The predicted octanol–water partition coefficient (Wildman–Crippen LogP) is 0.923. The molecule has 15 heavy (non-hydrogen) atoms. The van der Waals surface area contributed by atoms with Gasteiger partial charge in [0.15, 0.2) is 12.0 Å². The highest BCUT2D eigenvalue weighted by atomic mass is 32.2. The van der Waals surface area contributed by atoms with Crippen LogP contribution < -0.4 is 4.72 Å². The second-order valence-electron chi connectivity index (χ2n) is 3.94. The molecule has 1 aromatic heterocycles. The highest BCUT2D eigenvalue weighted by Gasteiger charge is 2.42. The fourth-order valence-electron chi connectivity index (χ4n) is 1.21. The Bertz CT molecular complexity index is 484. The van der Waals surface area contributed by atoms with Crippen LogP contribution in [0, 0.1) is 0 Å². The van der Waals surface area contributed by atoms with Gasteiger partial charge in [-0.2, -0.15) is 0 Å². The Kier molecular flexibility index (Phi) is 2.20. The van der Waals surface area contributed by atoms with Crippen molar-refractivity contribution in [1.29, 1.82) is 0 Å². The highest BCUT2D eigenvalue weighted by Crippen LogP contribution is 2.36. The largest absolute Gasteiger partial charge is 0.440 e. The first-order valence-electron chi connectivity index (χ1n) is 4.54. The maximum absolute atomic E-state index is 11.7. The van der Waals surface area contributed by atoms with E-state index in [1.807, 2.05) is 6.92 Å². The Morgan fingerprint density at radius 1 is 1.47 bits per heavy atom. The van der Waals surface area contributed by atoms with Crippen molar-refractivity contribution in [3.63, 3.8) is 0 Å². The van der Waals surface area contributed by atoms with Gasteiger partial charge in [-0.15, -0.1) is 0 Å². The molecular weight excluding hydrogens is 218 g/mol. The Morgan fingerprint density at radius 3 is 2.60 bits per heavy atom. The average molecular weight is 229 g/mol. The first kappa shape index (κ1) is 10.4. The summed E-state index contributed by atoms with van der Waals surface area (Å²) in [6.45, 7) is 1.83. The summed E-state index contributed by atoms with van der Waals surface area (Å²) in [5.41, 5.74) is -0.340. The molecule has 1 fully saturated rings. The molecule has 0 radical (unpaired) electrons. The summed E-state index contributed by atoms with van der Waals surface area (Å²) < 4.78 is 30.8. The zero-order valence-corrected chi connectivity index (χ0v) is 9.00. The Labute approximate surface area is 87.5 Å². The molecule has 82 valence electrons. The van der Waals surface area contributed by atoms with Gasteiger partial charge in [0.05, 0.1) is 0 Å². The average Bonchev–Trinajstić information content (AvgIpc) is 2.71. The van der Waals surface area contributed by atoms with Gasteiger partial charge in [-0.25, -0.2) is 13.1 Å². The van der Waals surface area contributed by atoms with Crippen molar-refractivity contribution in [2.24, 2.45) is 0 Å². The van der Waals surface area contributed by atoms with Crippen molar-refractivity contribution in [1.82, 2.24) is 4.72 Å². The standard InChI is InChI=1S/C9H11NO4S/c1-9(4-5-9)10-15(12,13)8-3-2-7(6-11)14-8/h2-3,6,10H,4-5H2,1H3. The number of carbonyl (C=O) groups is 1. The lowest BCUT2D eigenvalue weighted by Crippen LogP contribution is -2.33. The Balaban J connectivity index is 2.24. The van der Waals surface area contributed by atoms with E-state index < -0.39 is 10.0 Å². The number of hydrogen-bond acceptors (Lipinski definition) is 4. The molecule has 0 atom stereocenters. The lowest BCUT2D eigenvalue weighted by molar-refractivity contribution is 0.109. The van der Waals surface area contributed by atoms with Crippen LogP contribution in [0.5, 0.6) is 0 Å². The van der Waals surface area contributed by atoms with Gasteiger partial charge in [0.1, 0.15) is 0 Å². The van der Waals surface area contributed by atoms with E-state index in [1.165, 1.54) is 12.1 Å². The predicted molar refractivity (Wildman–Crippen MR) is 52.1 cm³/mol. The topological polar surface area (TPSA) is 76.4 Å². The number of nitrogens with one attached hydrogen (secondary N) is 1. The van der Waals surface area contributed by atoms with Gasteiger partial charge in [0.25, 0.3) is 10.0 Å². The van der Waals surface area contributed by atoms with Crippen LogP contribution in [0.15, 0.2) is 21.6 Å². The molecular formula is C9H11NO4S. The molecule has 0 bridgehead atoms. The van der Waals surface area contributed by atoms with E-state index in [4.69, 9.17) is 4.42 Å². The summed E-state index contributed by atoms with van der Waals surface area (Å²) in [6, 6.07) is 2.61. The minimum Gasteiger partial charge on any atom is -0.440 e. The van der Waals surface area contributed by atoms with Crippen LogP contribution in [0.1, 0.15) is 30.3 Å². The normalized spacial score (nSPS) is 18.7. The summed E-state index contributed by atoms with van der Waals surface area (Å²) >= 11 is 0. The lowest BCUT2D eigenvalue weighted by atomic mass is 10.4. The quantitative estimate of drug-likeness (QED) is 0.779. The molecule has 1 aliphatic carbocycles. The van der Waals surface area contributed by atoms with Gasteiger partial charge in [0.2, 0.25) is 5.09 Å². The summed E-state index contributed by atoms with van der Waals surface area (Å²) in [6.07, 6.45) is 2.12. The van der Waals surface area contributed by atoms with Crippen molar-refractivity contribution in [2.75, 3.05) is 0 Å². The summed E-state index contributed by atoms with van der Waals surface area (Å²) in [5.74, 6) is 0.0105. The van der Waals surface area contributed by atoms with E-state index in [-0.39, 0.29) is 16.4 Å². The molecule has 1 N–H and O–H groups in total. The van der Waals surface area contributed by atoms with E-state index in [0.29, 0.717) is 6.29 Å². The second-order valence-corrected chi connectivity index (χ2v) is 5.55. The van der Waals surface area contributed by atoms with Crippen LogP contribution >= 0.6 is 0 Å². The van der Waals surface area contributed by atoms with Gasteiger partial charge in [-0.05, 0) is 31.9 Å². The number of sulfonamides is 1. The van der Waals surface area contributed by atoms with Crippen LogP contribution in [0.25, 0.3) is 0 Å². The van der Waals surface area contributed by atoms with Crippen LogP contribution in [-0.2, 0) is 10.0 Å². The molecule has 0 aromatic carbocycles. The first-order valence-corrected chi connectivity index (χ1v) is 6.03. The third-order valence-corrected chi connectivity index (χ3v) is 3.87. The van der Waals surface area contributed by atoms with E-state index in [1.54, 1.807) is 0 Å². The van der Waals surface area contributed by atoms with Gasteiger partial charge in [-0.3, -0.25) is 4.79 Å². The van der Waals surface area contributed by atoms with Gasteiger partial charge in [-0.1, -0.05) is 0 Å². The van der Waals surface area contributed by atoms with Crippen molar-refractivity contribution in [3.05, 3.63) is 17.9 Å². The van der Waals surface area contributed by atoms with Gasteiger partial charge >= 0.3 is 0 Å².